The van der Waals surface area contributed by atoms with E-state index in [4.69, 9.17) is 9.84 Å². The number of hydrogen-bond acceptors (Lipinski definition) is 5. The maximum absolute atomic E-state index is 13.2. The van der Waals surface area contributed by atoms with Gasteiger partial charge in [0.1, 0.15) is 11.6 Å². The second-order valence-corrected chi connectivity index (χ2v) is 8.86. The number of aromatic nitrogens is 2. The molecule has 0 aliphatic rings. The molecule has 3 aromatic rings. The summed E-state index contributed by atoms with van der Waals surface area (Å²) >= 11 is 6.79. The summed E-state index contributed by atoms with van der Waals surface area (Å²) in [4.78, 5) is 28.8. The Labute approximate surface area is 196 Å². The van der Waals surface area contributed by atoms with Gasteiger partial charge in [-0.1, -0.05) is 29.8 Å². The van der Waals surface area contributed by atoms with E-state index in [0.717, 1.165) is 10.9 Å². The van der Waals surface area contributed by atoms with Crippen molar-refractivity contribution in [2.45, 2.75) is 39.2 Å². The van der Waals surface area contributed by atoms with Gasteiger partial charge in [-0.3, -0.25) is 4.79 Å². The Morgan fingerprint density at radius 2 is 2.00 bits per heavy atom. The fourth-order valence-electron chi connectivity index (χ4n) is 2.84. The SMILES string of the molecule is CC[C@H](C)c1nc2ccc(Br)cc2c(=O)n1N=Cc1ccc(O[C@@H](C)C(=O)O)c(Br)c1. The van der Waals surface area contributed by atoms with Gasteiger partial charge in [-0.25, -0.2) is 9.78 Å². The highest BCUT2D eigenvalue weighted by Gasteiger charge is 2.16. The molecule has 0 fully saturated rings. The summed E-state index contributed by atoms with van der Waals surface area (Å²) in [5, 5.41) is 13.9. The van der Waals surface area contributed by atoms with Crippen molar-refractivity contribution in [2.24, 2.45) is 5.10 Å². The van der Waals surface area contributed by atoms with E-state index in [2.05, 4.69) is 41.9 Å². The predicted octanol–water partition coefficient (Wildman–Crippen LogP) is 5.17. The molecule has 0 amide bonds. The Balaban J connectivity index is 2.02. The highest BCUT2D eigenvalue weighted by molar-refractivity contribution is 9.10. The molecule has 162 valence electrons. The van der Waals surface area contributed by atoms with E-state index in [1.165, 1.54) is 11.6 Å². The van der Waals surface area contributed by atoms with Crippen LogP contribution in [0.1, 0.15) is 44.5 Å². The Hall–Kier alpha value is -2.52. The number of carboxylic acid groups (broad SMARTS) is 1. The monoisotopic (exact) mass is 549 g/mol. The predicted molar refractivity (Wildman–Crippen MR) is 127 cm³/mol. The van der Waals surface area contributed by atoms with Crippen LogP contribution in [-0.2, 0) is 4.79 Å². The number of halogens is 2. The number of benzene rings is 2. The highest BCUT2D eigenvalue weighted by Crippen LogP contribution is 2.27. The molecule has 0 spiro atoms. The number of ether oxygens (including phenoxy) is 1. The fraction of sp³-hybridized carbons (Fsp3) is 0.273. The van der Waals surface area contributed by atoms with Crippen molar-refractivity contribution >= 4 is 54.9 Å². The zero-order valence-corrected chi connectivity index (χ0v) is 20.3. The average Bonchev–Trinajstić information content (AvgIpc) is 2.74. The summed E-state index contributed by atoms with van der Waals surface area (Å²) in [5.41, 5.74) is 1.09. The third kappa shape index (κ3) is 5.22. The molecule has 9 heteroatoms. The second kappa shape index (κ2) is 9.74. The van der Waals surface area contributed by atoms with Gasteiger partial charge in [-0.15, -0.1) is 0 Å². The number of rotatable bonds is 7. The molecule has 1 aromatic heterocycles. The van der Waals surface area contributed by atoms with E-state index in [1.807, 2.05) is 26.0 Å². The maximum Gasteiger partial charge on any atom is 0.344 e. The zero-order chi connectivity index (χ0) is 22.7. The maximum atomic E-state index is 13.2. The van der Waals surface area contributed by atoms with Gasteiger partial charge in [0.05, 0.1) is 21.6 Å². The van der Waals surface area contributed by atoms with Crippen LogP contribution in [0, 0.1) is 0 Å². The van der Waals surface area contributed by atoms with Gasteiger partial charge in [-0.05, 0) is 71.2 Å². The molecule has 7 nitrogen and oxygen atoms in total. The van der Waals surface area contributed by atoms with E-state index in [-0.39, 0.29) is 11.5 Å². The molecule has 0 saturated carbocycles. The normalized spacial score (nSPS) is 13.5. The summed E-state index contributed by atoms with van der Waals surface area (Å²) in [6.45, 7) is 5.49. The van der Waals surface area contributed by atoms with Crippen LogP contribution in [0.4, 0.5) is 0 Å². The minimum atomic E-state index is -1.05. The summed E-state index contributed by atoms with van der Waals surface area (Å²) in [7, 11) is 0. The van der Waals surface area contributed by atoms with Gasteiger partial charge in [0.25, 0.3) is 5.56 Å². The van der Waals surface area contributed by atoms with Crippen molar-refractivity contribution in [2.75, 3.05) is 0 Å². The van der Waals surface area contributed by atoms with Gasteiger partial charge in [-0.2, -0.15) is 9.78 Å². The first-order valence-corrected chi connectivity index (χ1v) is 11.3. The summed E-state index contributed by atoms with van der Waals surface area (Å²) < 4.78 is 8.12. The number of carbonyl (C=O) groups is 1. The number of nitrogens with zero attached hydrogens (tertiary/aromatic N) is 3. The first kappa shape index (κ1) is 23.1. The summed E-state index contributed by atoms with van der Waals surface area (Å²) in [5.74, 6) is -0.0162. The van der Waals surface area contributed by atoms with Crippen LogP contribution < -0.4 is 10.3 Å². The first-order chi connectivity index (χ1) is 14.7. The molecule has 2 aromatic carbocycles. The molecule has 1 N–H and O–H groups in total. The van der Waals surface area contributed by atoms with Crippen LogP contribution in [0.3, 0.4) is 0 Å². The molecule has 31 heavy (non-hydrogen) atoms. The molecule has 0 bridgehead atoms. The van der Waals surface area contributed by atoms with Crippen molar-refractivity contribution in [1.29, 1.82) is 0 Å². The lowest BCUT2D eigenvalue weighted by molar-refractivity contribution is -0.144. The smallest absolute Gasteiger partial charge is 0.344 e. The lowest BCUT2D eigenvalue weighted by Gasteiger charge is -2.14. The topological polar surface area (TPSA) is 93.8 Å². The number of fused-ring (bicyclic) bond motifs is 1. The summed E-state index contributed by atoms with van der Waals surface area (Å²) in [6, 6.07) is 10.5. The van der Waals surface area contributed by atoms with Crippen LogP contribution in [0.25, 0.3) is 10.9 Å². The fourth-order valence-corrected chi connectivity index (χ4v) is 3.69. The van der Waals surface area contributed by atoms with Gasteiger partial charge in [0, 0.05) is 10.4 Å². The standard InChI is InChI=1S/C22H21Br2N3O4/c1-4-12(2)20-26-18-7-6-15(23)10-16(18)21(28)27(20)25-11-14-5-8-19(17(24)9-14)31-13(3)22(29)30/h5-13H,4H2,1-3H3,(H,29,30)/t12-,13-/m0/s1. The van der Waals surface area contributed by atoms with Gasteiger partial charge in [0.15, 0.2) is 6.10 Å². The lowest BCUT2D eigenvalue weighted by Crippen LogP contribution is -2.23. The minimum Gasteiger partial charge on any atom is -0.479 e. The Morgan fingerprint density at radius 1 is 1.26 bits per heavy atom. The Bertz CT molecular complexity index is 1220. The van der Waals surface area contributed by atoms with E-state index in [1.54, 1.807) is 30.5 Å². The van der Waals surface area contributed by atoms with E-state index < -0.39 is 12.1 Å². The molecule has 0 saturated heterocycles. The Morgan fingerprint density at radius 3 is 2.65 bits per heavy atom. The average molecular weight is 551 g/mol. The lowest BCUT2D eigenvalue weighted by atomic mass is 10.1. The van der Waals surface area contributed by atoms with Crippen molar-refractivity contribution in [3.05, 3.63) is 67.1 Å². The second-order valence-electron chi connectivity index (χ2n) is 7.09. The quantitative estimate of drug-likeness (QED) is 0.410. The third-order valence-electron chi connectivity index (χ3n) is 4.82. The molecular formula is C22H21Br2N3O4. The van der Waals surface area contributed by atoms with Gasteiger partial charge in [0.2, 0.25) is 0 Å². The molecule has 2 atom stereocenters. The molecular weight excluding hydrogens is 530 g/mol. The summed E-state index contributed by atoms with van der Waals surface area (Å²) in [6.07, 6.45) is 1.40. The molecule has 0 aliphatic heterocycles. The van der Waals surface area contributed by atoms with E-state index >= 15 is 0 Å². The van der Waals surface area contributed by atoms with Crippen LogP contribution in [0.5, 0.6) is 5.75 Å². The largest absolute Gasteiger partial charge is 0.479 e. The number of hydrogen-bond donors (Lipinski definition) is 1. The molecule has 3 rings (SSSR count). The number of carboxylic acids is 1. The van der Waals surface area contributed by atoms with Crippen molar-refractivity contribution in [3.63, 3.8) is 0 Å². The van der Waals surface area contributed by atoms with E-state index in [0.29, 0.717) is 32.5 Å². The molecule has 0 unspecified atom stereocenters. The van der Waals surface area contributed by atoms with Crippen LogP contribution >= 0.6 is 31.9 Å². The van der Waals surface area contributed by atoms with Crippen LogP contribution in [0.2, 0.25) is 0 Å². The minimum absolute atomic E-state index is 0.0397. The van der Waals surface area contributed by atoms with Crippen molar-refractivity contribution < 1.29 is 14.6 Å². The van der Waals surface area contributed by atoms with E-state index in [9.17, 15) is 9.59 Å². The van der Waals surface area contributed by atoms with Gasteiger partial charge >= 0.3 is 5.97 Å². The third-order valence-corrected chi connectivity index (χ3v) is 5.93. The van der Waals surface area contributed by atoms with Crippen molar-refractivity contribution in [1.82, 2.24) is 9.66 Å². The first-order valence-electron chi connectivity index (χ1n) is 9.66. The zero-order valence-electron chi connectivity index (χ0n) is 17.2. The van der Waals surface area contributed by atoms with Crippen LogP contribution in [0.15, 0.2) is 55.2 Å². The highest BCUT2D eigenvalue weighted by atomic mass is 79.9. The Kier molecular flexibility index (Phi) is 7.27. The molecule has 0 radical (unpaired) electrons. The van der Waals surface area contributed by atoms with Crippen molar-refractivity contribution in [3.8, 4) is 5.75 Å². The van der Waals surface area contributed by atoms with Crippen LogP contribution in [-0.4, -0.2) is 33.1 Å². The van der Waals surface area contributed by atoms with Gasteiger partial charge < -0.3 is 9.84 Å². The number of aliphatic carboxylic acids is 1. The molecule has 0 aliphatic carbocycles. The molecule has 1 heterocycles.